The summed E-state index contributed by atoms with van der Waals surface area (Å²) in [6.45, 7) is 11.9. The topological polar surface area (TPSA) is 30.2 Å². The van der Waals surface area contributed by atoms with Crippen molar-refractivity contribution >= 4 is 18.4 Å². The zero-order valence-electron chi connectivity index (χ0n) is 10.6. The zero-order chi connectivity index (χ0) is 11.8. The molecule has 0 aliphatic carbocycles. The van der Waals surface area contributed by atoms with Gasteiger partial charge < -0.3 is 0 Å². The van der Waals surface area contributed by atoms with Crippen molar-refractivity contribution in [3.8, 4) is 0 Å². The maximum Gasteiger partial charge on any atom is 0.233 e. The van der Waals surface area contributed by atoms with Crippen molar-refractivity contribution in [1.29, 1.82) is 0 Å². The molecule has 0 spiro atoms. The van der Waals surface area contributed by atoms with Gasteiger partial charge in [0.05, 0.1) is 5.69 Å². The van der Waals surface area contributed by atoms with E-state index in [0.717, 1.165) is 17.3 Å². The predicted molar refractivity (Wildman–Crippen MR) is 67.9 cm³/mol. The van der Waals surface area contributed by atoms with E-state index in [0.29, 0.717) is 0 Å². The van der Waals surface area contributed by atoms with Gasteiger partial charge in [-0.2, -0.15) is 0 Å². The predicted octanol–water partition coefficient (Wildman–Crippen LogP) is 3.74. The fourth-order valence-corrected chi connectivity index (χ4v) is 1.14. The Morgan fingerprint density at radius 3 is 2.27 bits per heavy atom. The lowest BCUT2D eigenvalue weighted by Crippen LogP contribution is -1.88. The van der Waals surface area contributed by atoms with Crippen molar-refractivity contribution in [2.24, 2.45) is 4.99 Å². The SMILES string of the molecule is C/C=C\n1c(/N=C\C)nc(C)c1C.CC. The van der Waals surface area contributed by atoms with Crippen LogP contribution in [0.15, 0.2) is 11.1 Å². The second-order valence-electron chi connectivity index (χ2n) is 2.82. The Morgan fingerprint density at radius 2 is 1.80 bits per heavy atom. The molecule has 3 nitrogen and oxygen atoms in total. The number of rotatable bonds is 2. The van der Waals surface area contributed by atoms with Gasteiger partial charge in [-0.05, 0) is 27.7 Å². The van der Waals surface area contributed by atoms with Crippen LogP contribution in [0.4, 0.5) is 5.95 Å². The average Bonchev–Trinajstić information content (AvgIpc) is 2.50. The fourth-order valence-electron chi connectivity index (χ4n) is 1.14. The number of hydrogen-bond acceptors (Lipinski definition) is 2. The van der Waals surface area contributed by atoms with Crippen LogP contribution in [-0.2, 0) is 0 Å². The van der Waals surface area contributed by atoms with E-state index in [2.05, 4.69) is 9.98 Å². The standard InChI is InChI=1S/C10H15N3.C2H6/c1-5-7-13-9(4)8(3)12-10(13)11-6-2;1-2/h5-7H,1-4H3;1-2H3/b7-5-,11-6-;. The van der Waals surface area contributed by atoms with E-state index in [-0.39, 0.29) is 0 Å². The molecule has 1 aromatic rings. The third kappa shape index (κ3) is 3.35. The van der Waals surface area contributed by atoms with E-state index in [1.54, 1.807) is 6.21 Å². The van der Waals surface area contributed by atoms with E-state index in [1.807, 2.05) is 58.4 Å². The quantitative estimate of drug-likeness (QED) is 0.679. The lowest BCUT2D eigenvalue weighted by atomic mass is 10.4. The second kappa shape index (κ2) is 6.98. The Labute approximate surface area is 92.6 Å². The van der Waals surface area contributed by atoms with Crippen LogP contribution in [-0.4, -0.2) is 15.8 Å². The van der Waals surface area contributed by atoms with E-state index in [1.165, 1.54) is 0 Å². The molecule has 0 unspecified atom stereocenters. The minimum atomic E-state index is 0.746. The van der Waals surface area contributed by atoms with Crippen LogP contribution in [0.5, 0.6) is 0 Å². The van der Waals surface area contributed by atoms with Crippen LogP contribution in [0.1, 0.15) is 39.1 Å². The van der Waals surface area contributed by atoms with Gasteiger partial charge in [-0.1, -0.05) is 19.9 Å². The molecule has 84 valence electrons. The van der Waals surface area contributed by atoms with E-state index >= 15 is 0 Å². The molecule has 0 saturated heterocycles. The molecule has 1 heterocycles. The van der Waals surface area contributed by atoms with Crippen molar-refractivity contribution in [2.45, 2.75) is 41.5 Å². The van der Waals surface area contributed by atoms with Crippen LogP contribution < -0.4 is 0 Å². The van der Waals surface area contributed by atoms with Gasteiger partial charge >= 0.3 is 0 Å². The van der Waals surface area contributed by atoms with Crippen molar-refractivity contribution in [3.05, 3.63) is 17.5 Å². The monoisotopic (exact) mass is 207 g/mol. The smallest absolute Gasteiger partial charge is 0.233 e. The lowest BCUT2D eigenvalue weighted by Gasteiger charge is -1.98. The van der Waals surface area contributed by atoms with E-state index in [4.69, 9.17) is 0 Å². The third-order valence-corrected chi connectivity index (χ3v) is 1.91. The average molecular weight is 207 g/mol. The number of nitrogens with zero attached hydrogens (tertiary/aromatic N) is 3. The minimum Gasteiger partial charge on any atom is -0.289 e. The molecule has 0 amide bonds. The number of aryl methyl sites for hydroxylation is 1. The summed E-state index contributed by atoms with van der Waals surface area (Å²) in [4.78, 5) is 8.51. The molecule has 0 aliphatic heterocycles. The molecule has 3 heteroatoms. The first-order chi connectivity index (χ1) is 7.20. The first kappa shape index (κ1) is 13.6. The summed E-state index contributed by atoms with van der Waals surface area (Å²) < 4.78 is 1.98. The highest BCUT2D eigenvalue weighted by Crippen LogP contribution is 2.17. The van der Waals surface area contributed by atoms with Crippen molar-refractivity contribution < 1.29 is 0 Å². The molecule has 0 aromatic carbocycles. The Morgan fingerprint density at radius 1 is 1.20 bits per heavy atom. The maximum absolute atomic E-state index is 4.33. The normalized spacial score (nSPS) is 10.8. The van der Waals surface area contributed by atoms with Crippen molar-refractivity contribution in [1.82, 2.24) is 9.55 Å². The molecule has 0 radical (unpaired) electrons. The van der Waals surface area contributed by atoms with E-state index < -0.39 is 0 Å². The summed E-state index contributed by atoms with van der Waals surface area (Å²) in [6, 6.07) is 0. The summed E-state index contributed by atoms with van der Waals surface area (Å²) >= 11 is 0. The highest BCUT2D eigenvalue weighted by Gasteiger charge is 2.06. The lowest BCUT2D eigenvalue weighted by molar-refractivity contribution is 1.06. The van der Waals surface area contributed by atoms with Gasteiger partial charge in [0.1, 0.15) is 0 Å². The second-order valence-corrected chi connectivity index (χ2v) is 2.82. The molecular weight excluding hydrogens is 186 g/mol. The number of imidazole rings is 1. The molecular formula is C12H21N3. The highest BCUT2D eigenvalue weighted by atomic mass is 15.2. The highest BCUT2D eigenvalue weighted by molar-refractivity contribution is 5.59. The van der Waals surface area contributed by atoms with Crippen LogP contribution in [0.3, 0.4) is 0 Å². The summed E-state index contributed by atoms with van der Waals surface area (Å²) in [5.41, 5.74) is 2.16. The summed E-state index contributed by atoms with van der Waals surface area (Å²) in [7, 11) is 0. The fraction of sp³-hybridized carbons (Fsp3) is 0.500. The molecule has 0 atom stereocenters. The van der Waals surface area contributed by atoms with Crippen LogP contribution in [0.2, 0.25) is 0 Å². The summed E-state index contributed by atoms with van der Waals surface area (Å²) in [5.74, 6) is 0.746. The number of allylic oxidation sites excluding steroid dienone is 1. The Balaban J connectivity index is 0.000000921. The largest absolute Gasteiger partial charge is 0.289 e. The molecule has 15 heavy (non-hydrogen) atoms. The van der Waals surface area contributed by atoms with Gasteiger partial charge in [-0.25, -0.2) is 9.98 Å². The first-order valence-electron chi connectivity index (χ1n) is 5.37. The molecule has 0 aliphatic rings. The molecule has 1 rings (SSSR count). The Kier molecular flexibility index (Phi) is 6.34. The third-order valence-electron chi connectivity index (χ3n) is 1.91. The van der Waals surface area contributed by atoms with E-state index in [9.17, 15) is 0 Å². The molecule has 0 bridgehead atoms. The van der Waals surface area contributed by atoms with Gasteiger partial charge in [0.2, 0.25) is 5.95 Å². The molecule has 1 aromatic heterocycles. The number of hydrogen-bond donors (Lipinski definition) is 0. The van der Waals surface area contributed by atoms with Gasteiger partial charge in [-0.15, -0.1) is 0 Å². The Hall–Kier alpha value is -1.38. The minimum absolute atomic E-state index is 0.746. The zero-order valence-corrected chi connectivity index (χ0v) is 10.6. The van der Waals surface area contributed by atoms with Crippen LogP contribution in [0, 0.1) is 13.8 Å². The summed E-state index contributed by atoms with van der Waals surface area (Å²) in [5, 5.41) is 0. The molecule has 0 N–H and O–H groups in total. The van der Waals surface area contributed by atoms with Gasteiger partial charge in [-0.3, -0.25) is 4.57 Å². The van der Waals surface area contributed by atoms with Gasteiger partial charge in [0, 0.05) is 18.1 Å². The van der Waals surface area contributed by atoms with Crippen LogP contribution in [0.25, 0.3) is 6.20 Å². The Bertz CT molecular complexity index is 346. The van der Waals surface area contributed by atoms with Crippen molar-refractivity contribution in [3.63, 3.8) is 0 Å². The van der Waals surface area contributed by atoms with Gasteiger partial charge in [0.15, 0.2) is 0 Å². The maximum atomic E-state index is 4.33. The number of aliphatic imine (C=N–C) groups is 1. The summed E-state index contributed by atoms with van der Waals surface area (Å²) in [6.07, 6.45) is 5.70. The van der Waals surface area contributed by atoms with Crippen LogP contribution >= 0.6 is 0 Å². The van der Waals surface area contributed by atoms with Crippen molar-refractivity contribution in [2.75, 3.05) is 0 Å². The molecule has 0 saturated carbocycles. The first-order valence-corrected chi connectivity index (χ1v) is 5.37. The van der Waals surface area contributed by atoms with Gasteiger partial charge in [0.25, 0.3) is 0 Å². The number of aromatic nitrogens is 2. The molecule has 0 fully saturated rings.